The third-order valence-corrected chi connectivity index (χ3v) is 16.0. The SMILES string of the molecule is CCOC(=O)c1cn2c3c(cc(SCc4cc(C)on4)cc3c1=O)Oc1cc3ccccc3cc1-2.Cc1cc(CSc2cc3c4c(c2)c(=O)c(C(=O)NCCC2CCCN2C)cn4-c2cc4ccccc4cc2O3)no1. The number of aromatic nitrogens is 4. The van der Waals surface area contributed by atoms with Gasteiger partial charge in [0.25, 0.3) is 5.91 Å². The van der Waals surface area contributed by atoms with Crippen molar-refractivity contribution in [3.8, 4) is 34.4 Å². The average Bonchev–Trinajstić information content (AvgIpc) is 4.30. The predicted molar refractivity (Wildman–Crippen MR) is 294 cm³/mol. The van der Waals surface area contributed by atoms with Crippen LogP contribution in [-0.4, -0.2) is 69.0 Å². The molecule has 382 valence electrons. The van der Waals surface area contributed by atoms with E-state index in [2.05, 4.69) is 27.6 Å². The highest BCUT2D eigenvalue weighted by atomic mass is 32.2. The summed E-state index contributed by atoms with van der Waals surface area (Å²) in [6.45, 7) is 7.21. The molecule has 1 N–H and O–H groups in total. The second-order valence-corrected chi connectivity index (χ2v) is 21.2. The number of rotatable bonds is 12. The number of nitrogens with zero attached hydrogens (tertiary/aromatic N) is 5. The Labute approximate surface area is 443 Å². The van der Waals surface area contributed by atoms with E-state index in [1.807, 2.05) is 126 Å². The van der Waals surface area contributed by atoms with Gasteiger partial charge in [-0.05, 0) is 124 Å². The standard InChI is InChI=1S/C32H30N4O4S.C27H20N2O5S/c1-19-12-22(34-40-19)18-41-24-15-25-30-29(16-24)39-28-14-21-7-4-3-6-20(21)13-27(28)36(30)17-26(31(25)37)32(38)33-10-9-23-8-5-11-35(23)2;1-3-32-27(31)21-13-29-22-9-16-6-4-5-7-17(16)10-23(22)33-24-12-19(11-20(25(24)29)26(21)30)35-14-18-8-15(2)34-28-18/h3-4,6-7,12-17,23H,5,8-11,18H2,1-2H3,(H,33,38);4-13H,3,14H2,1-2H3. The third kappa shape index (κ3) is 9.28. The Balaban J connectivity index is 0.000000155. The molecule has 3 aliphatic heterocycles. The van der Waals surface area contributed by atoms with Crippen LogP contribution in [0.25, 0.3) is 54.7 Å². The number of amides is 1. The lowest BCUT2D eigenvalue weighted by Gasteiger charge is -2.25. The van der Waals surface area contributed by atoms with Gasteiger partial charge in [0.2, 0.25) is 10.9 Å². The molecule has 7 heterocycles. The number of pyridine rings is 2. The van der Waals surface area contributed by atoms with Crippen LogP contribution in [0.4, 0.5) is 0 Å². The molecule has 17 heteroatoms. The first-order chi connectivity index (χ1) is 37.0. The fraction of sp³-hybridized carbons (Fsp3) is 0.220. The van der Waals surface area contributed by atoms with Crippen molar-refractivity contribution in [1.29, 1.82) is 0 Å². The molecule has 0 bridgehead atoms. The van der Waals surface area contributed by atoms with Gasteiger partial charge in [0.1, 0.15) is 33.7 Å². The summed E-state index contributed by atoms with van der Waals surface area (Å²) in [5.74, 6) is 4.08. The number of likely N-dealkylation sites (tertiary alicyclic amines) is 1. The van der Waals surface area contributed by atoms with Gasteiger partial charge in [-0.15, -0.1) is 23.5 Å². The van der Waals surface area contributed by atoms with Crippen molar-refractivity contribution in [2.75, 3.05) is 26.7 Å². The normalized spacial score (nSPS) is 14.2. The van der Waals surface area contributed by atoms with E-state index < -0.39 is 5.97 Å². The van der Waals surface area contributed by atoms with Gasteiger partial charge in [0, 0.05) is 58.4 Å². The minimum atomic E-state index is -0.644. The number of carbonyl (C=O) groups is 2. The van der Waals surface area contributed by atoms with Crippen LogP contribution >= 0.6 is 23.5 Å². The predicted octanol–water partition coefficient (Wildman–Crippen LogP) is 12.1. The molecule has 6 aromatic carbocycles. The quantitative estimate of drug-likeness (QED) is 0.0904. The number of aryl methyl sites for hydroxylation is 2. The third-order valence-electron chi connectivity index (χ3n) is 14.0. The molecule has 3 aliphatic rings. The summed E-state index contributed by atoms with van der Waals surface area (Å²) in [4.78, 5) is 57.5. The summed E-state index contributed by atoms with van der Waals surface area (Å²) in [7, 11) is 2.13. The molecule has 0 saturated carbocycles. The molecule has 0 aliphatic carbocycles. The van der Waals surface area contributed by atoms with Gasteiger partial charge >= 0.3 is 5.97 Å². The van der Waals surface area contributed by atoms with Gasteiger partial charge in [0.15, 0.2) is 23.0 Å². The molecule has 10 aromatic rings. The Bertz CT molecular complexity index is 4110. The summed E-state index contributed by atoms with van der Waals surface area (Å²) in [5.41, 5.74) is 3.86. The molecule has 1 saturated heterocycles. The fourth-order valence-corrected chi connectivity index (χ4v) is 12.0. The number of esters is 1. The van der Waals surface area contributed by atoms with Crippen LogP contribution in [0.3, 0.4) is 0 Å². The highest BCUT2D eigenvalue weighted by Gasteiger charge is 2.29. The number of carbonyl (C=O) groups excluding carboxylic acids is 2. The molecule has 1 atom stereocenters. The van der Waals surface area contributed by atoms with Gasteiger partial charge in [-0.3, -0.25) is 14.4 Å². The number of thioether (sulfide) groups is 2. The first-order valence-electron chi connectivity index (χ1n) is 25.1. The van der Waals surface area contributed by atoms with E-state index in [-0.39, 0.29) is 34.5 Å². The molecule has 13 rings (SSSR count). The molecule has 1 fully saturated rings. The highest BCUT2D eigenvalue weighted by molar-refractivity contribution is 7.98. The van der Waals surface area contributed by atoms with Crippen LogP contribution < -0.4 is 25.6 Å². The second-order valence-electron chi connectivity index (χ2n) is 19.1. The summed E-state index contributed by atoms with van der Waals surface area (Å²) < 4.78 is 32.1. The minimum absolute atomic E-state index is 0.0133. The molecule has 1 amide bonds. The van der Waals surface area contributed by atoms with Crippen molar-refractivity contribution in [2.45, 2.75) is 67.4 Å². The maximum Gasteiger partial charge on any atom is 0.343 e. The van der Waals surface area contributed by atoms with E-state index >= 15 is 0 Å². The van der Waals surface area contributed by atoms with E-state index in [1.165, 1.54) is 18.2 Å². The second kappa shape index (κ2) is 20.2. The smallest absolute Gasteiger partial charge is 0.343 e. The first kappa shape index (κ1) is 48.8. The fourth-order valence-electron chi connectivity index (χ4n) is 10.3. The Hall–Kier alpha value is -8.12. The van der Waals surface area contributed by atoms with Crippen molar-refractivity contribution in [3.63, 3.8) is 0 Å². The number of fused-ring (bicyclic) bond motifs is 6. The van der Waals surface area contributed by atoms with E-state index in [4.69, 9.17) is 23.3 Å². The van der Waals surface area contributed by atoms with Crippen molar-refractivity contribution in [1.82, 2.24) is 29.7 Å². The van der Waals surface area contributed by atoms with E-state index in [0.29, 0.717) is 68.9 Å². The van der Waals surface area contributed by atoms with Gasteiger partial charge < -0.3 is 42.6 Å². The lowest BCUT2D eigenvalue weighted by Crippen LogP contribution is -2.34. The Morgan fingerprint density at radius 2 is 1.17 bits per heavy atom. The number of ether oxygens (including phenoxy) is 3. The van der Waals surface area contributed by atoms with Crippen LogP contribution in [0.15, 0.2) is 150 Å². The van der Waals surface area contributed by atoms with Crippen molar-refractivity contribution in [2.24, 2.45) is 0 Å². The van der Waals surface area contributed by atoms with Crippen molar-refractivity contribution >= 4 is 78.8 Å². The molecule has 76 heavy (non-hydrogen) atoms. The minimum Gasteiger partial charge on any atom is -0.462 e. The molecule has 4 aromatic heterocycles. The Kier molecular flexibility index (Phi) is 13.0. The van der Waals surface area contributed by atoms with Crippen molar-refractivity contribution in [3.05, 3.63) is 176 Å². The van der Waals surface area contributed by atoms with Crippen LogP contribution in [0.5, 0.6) is 23.0 Å². The molecular weight excluding hydrogens is 1000 g/mol. The Morgan fingerprint density at radius 1 is 0.671 bits per heavy atom. The van der Waals surface area contributed by atoms with Gasteiger partial charge in [-0.1, -0.05) is 58.8 Å². The molecular formula is C59H50N6O9S2. The topological polar surface area (TPSA) is 173 Å². The summed E-state index contributed by atoms with van der Waals surface area (Å²) in [6, 6.07) is 35.8. The number of hydrogen-bond donors (Lipinski definition) is 1. The maximum atomic E-state index is 13.9. The van der Waals surface area contributed by atoms with Crippen LogP contribution in [0.2, 0.25) is 0 Å². The molecule has 15 nitrogen and oxygen atoms in total. The van der Waals surface area contributed by atoms with Crippen LogP contribution in [0, 0.1) is 13.8 Å². The lowest BCUT2D eigenvalue weighted by atomic mass is 10.0. The van der Waals surface area contributed by atoms with E-state index in [1.54, 1.807) is 37.1 Å². The van der Waals surface area contributed by atoms with Crippen LogP contribution in [0.1, 0.15) is 69.8 Å². The van der Waals surface area contributed by atoms with Gasteiger partial charge in [-0.25, -0.2) is 4.79 Å². The molecule has 0 radical (unpaired) electrons. The largest absolute Gasteiger partial charge is 0.462 e. The van der Waals surface area contributed by atoms with E-state index in [9.17, 15) is 19.2 Å². The Morgan fingerprint density at radius 3 is 1.64 bits per heavy atom. The summed E-state index contributed by atoms with van der Waals surface area (Å²) >= 11 is 3.05. The zero-order valence-corrected chi connectivity index (χ0v) is 43.6. The number of nitrogens with one attached hydrogen (secondary N) is 1. The van der Waals surface area contributed by atoms with Crippen molar-refractivity contribution < 1.29 is 32.8 Å². The highest BCUT2D eigenvalue weighted by Crippen LogP contribution is 2.45. The maximum absolute atomic E-state index is 13.9. The first-order valence-corrected chi connectivity index (χ1v) is 27.1. The van der Waals surface area contributed by atoms with Gasteiger partial charge in [0.05, 0.1) is 40.1 Å². The van der Waals surface area contributed by atoms with E-state index in [0.717, 1.165) is 85.0 Å². The zero-order valence-electron chi connectivity index (χ0n) is 42.0. The lowest BCUT2D eigenvalue weighted by molar-refractivity contribution is 0.0524. The summed E-state index contributed by atoms with van der Waals surface area (Å²) in [5, 5.41) is 16.1. The monoisotopic (exact) mass is 1050 g/mol. The van der Waals surface area contributed by atoms with Crippen LogP contribution in [-0.2, 0) is 16.2 Å². The molecule has 0 spiro atoms. The average molecular weight is 1050 g/mol. The van der Waals surface area contributed by atoms with Gasteiger partial charge in [-0.2, -0.15) is 0 Å². The zero-order chi connectivity index (χ0) is 52.2. The summed E-state index contributed by atoms with van der Waals surface area (Å²) in [6.07, 6.45) is 6.41. The molecule has 1 unspecified atom stereocenters. The number of hydrogen-bond acceptors (Lipinski definition) is 14. The number of benzene rings is 6.